The molecule has 0 bridgehead atoms. The molecule has 3 aliphatic heterocycles. The number of benzene rings is 1. The fourth-order valence-electron chi connectivity index (χ4n) is 5.12. The number of carbonyl (C=O) groups is 1. The molecule has 1 aromatic carbocycles. The Labute approximate surface area is 232 Å². The van der Waals surface area contributed by atoms with Gasteiger partial charge in [0, 0.05) is 42.4 Å². The minimum atomic E-state index is -3.41. The molecular formula is C24H22Cl2FN5O4S2. The molecule has 6 rings (SSSR count). The Balaban J connectivity index is 1.26. The van der Waals surface area contributed by atoms with Crippen molar-refractivity contribution in [2.45, 2.75) is 30.6 Å². The van der Waals surface area contributed by atoms with E-state index in [2.05, 4.69) is 9.55 Å². The molecule has 1 atom stereocenters. The number of anilines is 1. The molecule has 14 heteroatoms. The van der Waals surface area contributed by atoms with Crippen molar-refractivity contribution in [2.75, 3.05) is 35.5 Å². The number of imidazole rings is 1. The van der Waals surface area contributed by atoms with E-state index >= 15 is 4.39 Å². The normalized spacial score (nSPS) is 19.9. The van der Waals surface area contributed by atoms with E-state index in [-0.39, 0.29) is 40.0 Å². The monoisotopic (exact) mass is 597 g/mol. The summed E-state index contributed by atoms with van der Waals surface area (Å²) in [5.41, 5.74) is 2.00. The van der Waals surface area contributed by atoms with Crippen LogP contribution in [0.3, 0.4) is 0 Å². The van der Waals surface area contributed by atoms with E-state index in [1.807, 2.05) is 0 Å². The highest BCUT2D eigenvalue weighted by Crippen LogP contribution is 2.41. The van der Waals surface area contributed by atoms with Gasteiger partial charge in [0.25, 0.3) is 5.91 Å². The van der Waals surface area contributed by atoms with Crippen LogP contribution in [0.2, 0.25) is 10.2 Å². The highest BCUT2D eigenvalue weighted by molar-refractivity contribution is 7.99. The molecule has 2 aromatic heterocycles. The Hall–Kier alpha value is -2.54. The molecule has 3 aromatic rings. The summed E-state index contributed by atoms with van der Waals surface area (Å²) in [5, 5.41) is 1.09. The maximum atomic E-state index is 15.2. The lowest BCUT2D eigenvalue weighted by molar-refractivity contribution is -0.135. The molecule has 9 nitrogen and oxygen atoms in total. The number of fused-ring (bicyclic) bond motifs is 3. The smallest absolute Gasteiger partial charge is 0.261 e. The molecule has 38 heavy (non-hydrogen) atoms. The molecule has 200 valence electrons. The van der Waals surface area contributed by atoms with Gasteiger partial charge in [-0.25, -0.2) is 22.8 Å². The summed E-state index contributed by atoms with van der Waals surface area (Å²) in [6, 6.07) is 6.76. The quantitative estimate of drug-likeness (QED) is 0.411. The van der Waals surface area contributed by atoms with E-state index in [1.165, 1.54) is 22.5 Å². The fraction of sp³-hybridized carbons (Fsp3) is 0.375. The lowest BCUT2D eigenvalue weighted by Crippen LogP contribution is -2.44. The van der Waals surface area contributed by atoms with Gasteiger partial charge in [-0.2, -0.15) is 0 Å². The SMILES string of the molecule is O=C(COc1ccc(N2CCCS2(=O)=O)nc1Cl)N1CCc2nc3n(c2C1c1ccc(Cl)cc1F)CCS3. The first-order valence-electron chi connectivity index (χ1n) is 12.0. The van der Waals surface area contributed by atoms with E-state index in [0.29, 0.717) is 31.5 Å². The van der Waals surface area contributed by atoms with Crippen LogP contribution >= 0.6 is 35.0 Å². The van der Waals surface area contributed by atoms with E-state index < -0.39 is 21.9 Å². The third-order valence-electron chi connectivity index (χ3n) is 6.84. The van der Waals surface area contributed by atoms with Crippen LogP contribution in [0.1, 0.15) is 29.4 Å². The van der Waals surface area contributed by atoms with Crippen molar-refractivity contribution in [3.63, 3.8) is 0 Å². The van der Waals surface area contributed by atoms with Gasteiger partial charge in [0.1, 0.15) is 17.7 Å². The van der Waals surface area contributed by atoms with E-state index in [4.69, 9.17) is 32.9 Å². The minimum Gasteiger partial charge on any atom is -0.481 e. The summed E-state index contributed by atoms with van der Waals surface area (Å²) < 4.78 is 48.6. The predicted octanol–water partition coefficient (Wildman–Crippen LogP) is 3.92. The number of ether oxygens (including phenoxy) is 1. The summed E-state index contributed by atoms with van der Waals surface area (Å²) in [7, 11) is -3.41. The highest BCUT2D eigenvalue weighted by atomic mass is 35.5. The molecule has 0 spiro atoms. The summed E-state index contributed by atoms with van der Waals surface area (Å²) in [6.45, 7) is 1.04. The molecule has 1 fully saturated rings. The van der Waals surface area contributed by atoms with Crippen molar-refractivity contribution in [1.82, 2.24) is 19.4 Å². The number of hydrogen-bond acceptors (Lipinski definition) is 7. The van der Waals surface area contributed by atoms with Crippen LogP contribution in [0.5, 0.6) is 5.75 Å². The molecule has 0 N–H and O–H groups in total. The Morgan fingerprint density at radius 3 is 2.74 bits per heavy atom. The second-order valence-electron chi connectivity index (χ2n) is 9.12. The van der Waals surface area contributed by atoms with Crippen molar-refractivity contribution >= 4 is 56.7 Å². The molecule has 5 heterocycles. The zero-order chi connectivity index (χ0) is 26.6. The van der Waals surface area contributed by atoms with Crippen LogP contribution in [0.25, 0.3) is 0 Å². The Bertz CT molecular complexity index is 1550. The Morgan fingerprint density at radius 1 is 1.16 bits per heavy atom. The third kappa shape index (κ3) is 4.51. The van der Waals surface area contributed by atoms with Crippen molar-refractivity contribution in [3.8, 4) is 5.75 Å². The van der Waals surface area contributed by atoms with Gasteiger partial charge in [0.15, 0.2) is 22.7 Å². The second kappa shape index (κ2) is 9.89. The van der Waals surface area contributed by atoms with Gasteiger partial charge in [-0.05, 0) is 30.7 Å². The van der Waals surface area contributed by atoms with E-state index in [0.717, 1.165) is 28.8 Å². The Morgan fingerprint density at radius 2 is 2.00 bits per heavy atom. The van der Waals surface area contributed by atoms with Crippen LogP contribution in [-0.4, -0.2) is 65.0 Å². The maximum absolute atomic E-state index is 15.2. The van der Waals surface area contributed by atoms with Gasteiger partial charge >= 0.3 is 0 Å². The van der Waals surface area contributed by atoms with Crippen molar-refractivity contribution in [2.24, 2.45) is 0 Å². The van der Waals surface area contributed by atoms with Crippen LogP contribution in [0, 0.1) is 5.82 Å². The number of halogens is 3. The van der Waals surface area contributed by atoms with E-state index in [9.17, 15) is 13.2 Å². The average Bonchev–Trinajstić information content (AvgIpc) is 3.56. The summed E-state index contributed by atoms with van der Waals surface area (Å²) in [5.74, 6) is 0.413. The zero-order valence-corrected chi connectivity index (χ0v) is 23.1. The molecule has 1 saturated heterocycles. The standard InChI is InChI=1S/C24H22Cl2FN5O4S2/c25-14-2-3-15(16(27)12-14)21-22-17(28-24-31(22)9-10-37-24)6-8-30(21)20(33)13-36-18-4-5-19(29-23(18)26)32-7-1-11-38(32,34)35/h2-5,12,21H,1,6-11,13H2. The van der Waals surface area contributed by atoms with Crippen LogP contribution in [0.4, 0.5) is 10.2 Å². The van der Waals surface area contributed by atoms with Gasteiger partial charge in [-0.15, -0.1) is 0 Å². The Kier molecular flexibility index (Phi) is 6.69. The number of nitrogens with zero attached hydrogens (tertiary/aromatic N) is 5. The molecular weight excluding hydrogens is 576 g/mol. The topological polar surface area (TPSA) is 97.6 Å². The number of aromatic nitrogens is 3. The van der Waals surface area contributed by atoms with Gasteiger partial charge < -0.3 is 14.2 Å². The first-order chi connectivity index (χ1) is 18.2. The number of amides is 1. The van der Waals surface area contributed by atoms with Crippen molar-refractivity contribution in [1.29, 1.82) is 0 Å². The molecule has 0 aliphatic carbocycles. The number of rotatable bonds is 5. The van der Waals surface area contributed by atoms with Gasteiger partial charge in [0.2, 0.25) is 10.0 Å². The lowest BCUT2D eigenvalue weighted by Gasteiger charge is -2.36. The first kappa shape index (κ1) is 25.7. The number of thioether (sulfide) groups is 1. The number of pyridine rings is 1. The number of sulfonamides is 1. The summed E-state index contributed by atoms with van der Waals surface area (Å²) in [6.07, 6.45) is 1.05. The molecule has 1 unspecified atom stereocenters. The largest absolute Gasteiger partial charge is 0.481 e. The molecule has 0 radical (unpaired) electrons. The summed E-state index contributed by atoms with van der Waals surface area (Å²) >= 11 is 13.9. The van der Waals surface area contributed by atoms with Crippen molar-refractivity contribution < 1.29 is 22.3 Å². The molecule has 0 saturated carbocycles. The average molecular weight is 599 g/mol. The minimum absolute atomic E-state index is 0.0516. The zero-order valence-electron chi connectivity index (χ0n) is 19.9. The van der Waals surface area contributed by atoms with Crippen LogP contribution < -0.4 is 9.04 Å². The van der Waals surface area contributed by atoms with Crippen LogP contribution in [-0.2, 0) is 27.8 Å². The number of hydrogen-bond donors (Lipinski definition) is 0. The van der Waals surface area contributed by atoms with Gasteiger partial charge in [-0.1, -0.05) is 41.0 Å². The van der Waals surface area contributed by atoms with Crippen molar-refractivity contribution in [3.05, 3.63) is 63.3 Å². The first-order valence-corrected chi connectivity index (χ1v) is 15.3. The molecule has 1 amide bonds. The third-order valence-corrected chi connectivity index (χ3v) is 10.1. The maximum Gasteiger partial charge on any atom is 0.261 e. The number of carbonyl (C=O) groups excluding carboxylic acids is 1. The molecule has 3 aliphatic rings. The summed E-state index contributed by atoms with van der Waals surface area (Å²) in [4.78, 5) is 24.0. The van der Waals surface area contributed by atoms with Crippen LogP contribution in [0.15, 0.2) is 35.5 Å². The fourth-order valence-corrected chi connectivity index (χ4v) is 7.97. The predicted molar refractivity (Wildman–Crippen MR) is 142 cm³/mol. The lowest BCUT2D eigenvalue weighted by atomic mass is 9.94. The van der Waals surface area contributed by atoms with Gasteiger partial charge in [0.05, 0.1) is 17.1 Å². The van der Waals surface area contributed by atoms with Gasteiger partial charge in [-0.3, -0.25) is 9.10 Å². The second-order valence-corrected chi connectivity index (χ2v) is 13.0. The highest BCUT2D eigenvalue weighted by Gasteiger charge is 2.39. The van der Waals surface area contributed by atoms with E-state index in [1.54, 1.807) is 28.8 Å².